The standard InChI is InChI=1S/C22H37N3O2/c1-5-23(6-2)15-16-24(7-3)20-11-12-22(26)25(14-13-20)18-19-9-8-10-21(17-19)27-4/h8-10,17,20H,5-7,11-16,18H2,1-4H3. The van der Waals surface area contributed by atoms with Crippen LogP contribution in [-0.4, -0.2) is 73.0 Å². The average Bonchev–Trinajstić information content (AvgIpc) is 2.88. The molecule has 1 aromatic rings. The summed E-state index contributed by atoms with van der Waals surface area (Å²) in [6.45, 7) is 13.7. The predicted molar refractivity (Wildman–Crippen MR) is 111 cm³/mol. The lowest BCUT2D eigenvalue weighted by molar-refractivity contribution is -0.131. The van der Waals surface area contributed by atoms with Gasteiger partial charge in [-0.3, -0.25) is 9.69 Å². The fourth-order valence-corrected chi connectivity index (χ4v) is 3.95. The van der Waals surface area contributed by atoms with Crippen LogP contribution in [0.1, 0.15) is 45.6 Å². The molecule has 1 fully saturated rings. The Hall–Kier alpha value is -1.59. The van der Waals surface area contributed by atoms with E-state index in [0.29, 0.717) is 19.0 Å². The molecule has 1 saturated heterocycles. The second kappa shape index (κ2) is 11.3. The second-order valence-electron chi connectivity index (χ2n) is 7.30. The van der Waals surface area contributed by atoms with E-state index in [-0.39, 0.29) is 5.91 Å². The highest BCUT2D eigenvalue weighted by molar-refractivity contribution is 5.76. The molecule has 27 heavy (non-hydrogen) atoms. The van der Waals surface area contributed by atoms with Gasteiger partial charge in [-0.25, -0.2) is 0 Å². The van der Waals surface area contributed by atoms with Crippen LogP contribution in [0.4, 0.5) is 0 Å². The van der Waals surface area contributed by atoms with Crippen molar-refractivity contribution in [2.75, 3.05) is 46.4 Å². The normalized spacial score (nSPS) is 18.2. The highest BCUT2D eigenvalue weighted by atomic mass is 16.5. The smallest absolute Gasteiger partial charge is 0.222 e. The molecule has 5 heteroatoms. The van der Waals surface area contributed by atoms with E-state index in [1.54, 1.807) is 7.11 Å². The molecule has 152 valence electrons. The summed E-state index contributed by atoms with van der Waals surface area (Å²) in [5.41, 5.74) is 1.13. The Labute approximate surface area is 165 Å². The number of methoxy groups -OCH3 is 1. The third-order valence-corrected chi connectivity index (χ3v) is 5.80. The minimum absolute atomic E-state index is 0.278. The van der Waals surface area contributed by atoms with E-state index in [9.17, 15) is 4.79 Å². The molecule has 2 rings (SSSR count). The molecule has 0 aliphatic carbocycles. The molecule has 1 aliphatic heterocycles. The average molecular weight is 376 g/mol. The molecule has 1 aliphatic rings. The van der Waals surface area contributed by atoms with Crippen molar-refractivity contribution in [2.45, 2.75) is 52.6 Å². The van der Waals surface area contributed by atoms with Crippen molar-refractivity contribution in [3.63, 3.8) is 0 Å². The minimum Gasteiger partial charge on any atom is -0.497 e. The van der Waals surface area contributed by atoms with Crippen LogP contribution in [0.5, 0.6) is 5.75 Å². The molecule has 0 bridgehead atoms. The van der Waals surface area contributed by atoms with Gasteiger partial charge in [0.15, 0.2) is 0 Å². The lowest BCUT2D eigenvalue weighted by Crippen LogP contribution is -2.41. The Balaban J connectivity index is 1.94. The summed E-state index contributed by atoms with van der Waals surface area (Å²) in [5.74, 6) is 1.13. The topological polar surface area (TPSA) is 36.0 Å². The summed E-state index contributed by atoms with van der Waals surface area (Å²) in [4.78, 5) is 19.7. The first-order chi connectivity index (χ1) is 13.1. The van der Waals surface area contributed by atoms with Crippen LogP contribution in [0.15, 0.2) is 24.3 Å². The highest BCUT2D eigenvalue weighted by Crippen LogP contribution is 2.21. The van der Waals surface area contributed by atoms with Gasteiger partial charge in [0, 0.05) is 38.6 Å². The molecule has 0 aromatic heterocycles. The lowest BCUT2D eigenvalue weighted by Gasteiger charge is -2.32. The van der Waals surface area contributed by atoms with Gasteiger partial charge in [0.1, 0.15) is 5.75 Å². The number of rotatable bonds is 10. The van der Waals surface area contributed by atoms with Gasteiger partial charge in [-0.1, -0.05) is 32.9 Å². The lowest BCUT2D eigenvalue weighted by atomic mass is 10.1. The summed E-state index contributed by atoms with van der Waals surface area (Å²) in [6.07, 6.45) is 2.68. The Bertz CT molecular complexity index is 574. The van der Waals surface area contributed by atoms with Gasteiger partial charge in [0.05, 0.1) is 7.11 Å². The van der Waals surface area contributed by atoms with Crippen LogP contribution in [0.25, 0.3) is 0 Å². The molecule has 1 unspecified atom stereocenters. The van der Waals surface area contributed by atoms with Crippen molar-refractivity contribution >= 4 is 5.91 Å². The molecule has 0 radical (unpaired) electrons. The Morgan fingerprint density at radius 2 is 1.89 bits per heavy atom. The van der Waals surface area contributed by atoms with Crippen LogP contribution in [-0.2, 0) is 11.3 Å². The molecule has 1 heterocycles. The van der Waals surface area contributed by atoms with E-state index in [2.05, 4.69) is 36.6 Å². The number of amides is 1. The van der Waals surface area contributed by atoms with Crippen molar-refractivity contribution in [2.24, 2.45) is 0 Å². The fourth-order valence-electron chi connectivity index (χ4n) is 3.95. The van der Waals surface area contributed by atoms with Crippen molar-refractivity contribution in [3.05, 3.63) is 29.8 Å². The number of benzene rings is 1. The summed E-state index contributed by atoms with van der Waals surface area (Å²) in [6, 6.07) is 8.54. The third-order valence-electron chi connectivity index (χ3n) is 5.80. The maximum absolute atomic E-state index is 12.7. The van der Waals surface area contributed by atoms with Gasteiger partial charge < -0.3 is 14.5 Å². The first-order valence-corrected chi connectivity index (χ1v) is 10.5. The minimum atomic E-state index is 0.278. The van der Waals surface area contributed by atoms with Gasteiger partial charge in [-0.15, -0.1) is 0 Å². The van der Waals surface area contributed by atoms with E-state index >= 15 is 0 Å². The third kappa shape index (κ3) is 6.51. The number of likely N-dealkylation sites (N-methyl/N-ethyl adjacent to an activating group) is 2. The SMILES string of the molecule is CCN(CC)CCN(CC)C1CCC(=O)N(Cc2cccc(OC)c2)CC1. The molecular formula is C22H37N3O2. The van der Waals surface area contributed by atoms with E-state index in [4.69, 9.17) is 4.74 Å². The highest BCUT2D eigenvalue weighted by Gasteiger charge is 2.26. The monoisotopic (exact) mass is 375 g/mol. The molecule has 1 atom stereocenters. The molecule has 0 spiro atoms. The van der Waals surface area contributed by atoms with Crippen LogP contribution in [0.2, 0.25) is 0 Å². The zero-order valence-corrected chi connectivity index (χ0v) is 17.6. The van der Waals surface area contributed by atoms with Gasteiger partial charge in [-0.2, -0.15) is 0 Å². The van der Waals surface area contributed by atoms with E-state index < -0.39 is 0 Å². The first-order valence-electron chi connectivity index (χ1n) is 10.5. The van der Waals surface area contributed by atoms with Crippen LogP contribution in [0, 0.1) is 0 Å². The van der Waals surface area contributed by atoms with Crippen molar-refractivity contribution in [1.82, 2.24) is 14.7 Å². The van der Waals surface area contributed by atoms with Gasteiger partial charge in [-0.05, 0) is 50.2 Å². The van der Waals surface area contributed by atoms with Crippen LogP contribution < -0.4 is 4.74 Å². The zero-order chi connectivity index (χ0) is 19.6. The molecule has 5 nitrogen and oxygen atoms in total. The summed E-state index contributed by atoms with van der Waals surface area (Å²) >= 11 is 0. The number of carbonyl (C=O) groups is 1. The number of carbonyl (C=O) groups excluding carboxylic acids is 1. The maximum Gasteiger partial charge on any atom is 0.222 e. The largest absolute Gasteiger partial charge is 0.497 e. The van der Waals surface area contributed by atoms with Gasteiger partial charge in [0.2, 0.25) is 5.91 Å². The van der Waals surface area contributed by atoms with Gasteiger partial charge >= 0.3 is 0 Å². The Morgan fingerprint density at radius 3 is 2.56 bits per heavy atom. The Kier molecular flexibility index (Phi) is 9.08. The molecular weight excluding hydrogens is 338 g/mol. The predicted octanol–water partition coefficient (Wildman–Crippen LogP) is 3.24. The van der Waals surface area contributed by atoms with E-state index in [0.717, 1.165) is 63.4 Å². The quantitative estimate of drug-likeness (QED) is 0.629. The number of ether oxygens (including phenoxy) is 1. The van der Waals surface area contributed by atoms with Crippen molar-refractivity contribution < 1.29 is 9.53 Å². The second-order valence-corrected chi connectivity index (χ2v) is 7.30. The summed E-state index contributed by atoms with van der Waals surface area (Å²) < 4.78 is 5.31. The van der Waals surface area contributed by atoms with Gasteiger partial charge in [0.25, 0.3) is 0 Å². The van der Waals surface area contributed by atoms with Crippen molar-refractivity contribution in [1.29, 1.82) is 0 Å². The van der Waals surface area contributed by atoms with E-state index in [1.165, 1.54) is 0 Å². The van der Waals surface area contributed by atoms with E-state index in [1.807, 2.05) is 23.1 Å². The number of likely N-dealkylation sites (tertiary alicyclic amines) is 1. The summed E-state index contributed by atoms with van der Waals surface area (Å²) in [7, 11) is 1.68. The molecule has 0 N–H and O–H groups in total. The van der Waals surface area contributed by atoms with Crippen LogP contribution in [0.3, 0.4) is 0 Å². The number of hydrogen-bond acceptors (Lipinski definition) is 4. The molecule has 0 saturated carbocycles. The Morgan fingerprint density at radius 1 is 1.11 bits per heavy atom. The maximum atomic E-state index is 12.7. The van der Waals surface area contributed by atoms with Crippen molar-refractivity contribution in [3.8, 4) is 5.75 Å². The zero-order valence-electron chi connectivity index (χ0n) is 17.6. The molecule has 1 aromatic carbocycles. The first kappa shape index (κ1) is 21.7. The number of nitrogens with zero attached hydrogens (tertiary/aromatic N) is 3. The summed E-state index contributed by atoms with van der Waals surface area (Å²) in [5, 5.41) is 0. The fraction of sp³-hybridized carbons (Fsp3) is 0.682. The molecule has 1 amide bonds. The van der Waals surface area contributed by atoms with Crippen LogP contribution >= 0.6 is 0 Å². The number of hydrogen-bond donors (Lipinski definition) is 0.